The van der Waals surface area contributed by atoms with E-state index in [4.69, 9.17) is 0 Å². The van der Waals surface area contributed by atoms with Crippen LogP contribution in [0.2, 0.25) is 0 Å². The molecule has 2 heterocycles. The summed E-state index contributed by atoms with van der Waals surface area (Å²) in [5.41, 5.74) is 3.01. The van der Waals surface area contributed by atoms with Crippen molar-refractivity contribution in [1.29, 1.82) is 0 Å². The molecule has 1 unspecified atom stereocenters. The van der Waals surface area contributed by atoms with E-state index >= 15 is 0 Å². The maximum absolute atomic E-state index is 4.40. The van der Waals surface area contributed by atoms with Gasteiger partial charge in [-0.05, 0) is 27.3 Å². The first-order chi connectivity index (χ1) is 9.13. The molecule has 0 saturated carbocycles. The molecule has 0 bridgehead atoms. The molecule has 2 aromatic rings. The summed E-state index contributed by atoms with van der Waals surface area (Å²) in [5, 5.41) is 7.82. The van der Waals surface area contributed by atoms with Crippen molar-refractivity contribution in [3.05, 3.63) is 28.2 Å². The second-order valence-electron chi connectivity index (χ2n) is 4.83. The molecule has 5 nitrogen and oxygen atoms in total. The zero-order chi connectivity index (χ0) is 13.8. The summed E-state index contributed by atoms with van der Waals surface area (Å²) in [6, 6.07) is 0.599. The van der Waals surface area contributed by atoms with Crippen LogP contribution in [-0.4, -0.2) is 26.3 Å². The summed E-state index contributed by atoms with van der Waals surface area (Å²) in [6.07, 6.45) is 2.48. The summed E-state index contributed by atoms with van der Waals surface area (Å²) in [4.78, 5) is 10.0. The highest BCUT2D eigenvalue weighted by atomic mass is 32.1. The van der Waals surface area contributed by atoms with Crippen LogP contribution in [0, 0.1) is 6.92 Å². The van der Waals surface area contributed by atoms with Crippen LogP contribution < -0.4 is 5.32 Å². The van der Waals surface area contributed by atoms with Gasteiger partial charge in [0.2, 0.25) is 0 Å². The number of nitrogens with zero attached hydrogens (tertiary/aromatic N) is 4. The topological polar surface area (TPSA) is 55.6 Å². The molecule has 0 aliphatic carbocycles. The summed E-state index contributed by atoms with van der Waals surface area (Å²) in [6.45, 7) is 9.36. The minimum absolute atomic E-state index is 0.263. The highest BCUT2D eigenvalue weighted by molar-refractivity contribution is 7.09. The summed E-state index contributed by atoms with van der Waals surface area (Å²) < 4.78 is 1.99. The van der Waals surface area contributed by atoms with E-state index in [0.717, 1.165) is 24.5 Å². The van der Waals surface area contributed by atoms with Crippen LogP contribution in [0.3, 0.4) is 0 Å². The Hall–Kier alpha value is -1.27. The van der Waals surface area contributed by atoms with Gasteiger partial charge in [-0.3, -0.25) is 0 Å². The molecule has 19 heavy (non-hydrogen) atoms. The van der Waals surface area contributed by atoms with E-state index < -0.39 is 0 Å². The van der Waals surface area contributed by atoms with Gasteiger partial charge in [0.05, 0.1) is 17.2 Å². The van der Waals surface area contributed by atoms with Crippen molar-refractivity contribution in [2.24, 2.45) is 0 Å². The molecule has 1 atom stereocenters. The molecule has 2 rings (SSSR count). The predicted molar refractivity (Wildman–Crippen MR) is 77.4 cm³/mol. The van der Waals surface area contributed by atoms with Crippen LogP contribution in [0.4, 0.5) is 0 Å². The van der Waals surface area contributed by atoms with Crippen LogP contribution in [0.15, 0.2) is 11.8 Å². The molecular formula is C13H21N5S. The Balaban J connectivity index is 2.22. The lowest BCUT2D eigenvalue weighted by Gasteiger charge is -2.18. The van der Waals surface area contributed by atoms with E-state index in [0.29, 0.717) is 6.04 Å². The van der Waals surface area contributed by atoms with Gasteiger partial charge in [0.1, 0.15) is 12.2 Å². The van der Waals surface area contributed by atoms with Crippen molar-refractivity contribution in [1.82, 2.24) is 25.1 Å². The molecule has 0 saturated heterocycles. The van der Waals surface area contributed by atoms with E-state index in [9.17, 15) is 0 Å². The Bertz CT molecular complexity index is 517. The second-order valence-corrected chi connectivity index (χ2v) is 5.72. The van der Waals surface area contributed by atoms with Gasteiger partial charge >= 0.3 is 0 Å². The summed E-state index contributed by atoms with van der Waals surface area (Å²) >= 11 is 1.70. The van der Waals surface area contributed by atoms with Crippen molar-refractivity contribution in [2.45, 2.75) is 46.2 Å². The fraction of sp³-hybridized carbons (Fsp3) is 0.615. The minimum Gasteiger partial charge on any atom is -0.309 e. The van der Waals surface area contributed by atoms with Crippen molar-refractivity contribution in [3.8, 4) is 0 Å². The minimum atomic E-state index is 0.263. The highest BCUT2D eigenvalue weighted by Crippen LogP contribution is 2.25. The van der Waals surface area contributed by atoms with E-state index in [1.807, 2.05) is 10.2 Å². The molecule has 0 amide bonds. The average molecular weight is 279 g/mol. The Morgan fingerprint density at radius 1 is 1.37 bits per heavy atom. The van der Waals surface area contributed by atoms with Crippen LogP contribution in [-0.2, 0) is 6.42 Å². The van der Waals surface area contributed by atoms with Gasteiger partial charge in [0, 0.05) is 17.3 Å². The number of hydrogen-bond donors (Lipinski definition) is 1. The number of likely N-dealkylation sites (N-methyl/N-ethyl adjacent to an activating group) is 1. The van der Waals surface area contributed by atoms with Crippen LogP contribution in [0.25, 0.3) is 0 Å². The second kappa shape index (κ2) is 6.25. The van der Waals surface area contributed by atoms with Crippen LogP contribution >= 0.6 is 11.3 Å². The third kappa shape index (κ3) is 3.19. The summed E-state index contributed by atoms with van der Waals surface area (Å²) in [5.74, 6) is 1.02. The van der Waals surface area contributed by atoms with Gasteiger partial charge in [-0.15, -0.1) is 11.3 Å². The molecule has 0 fully saturated rings. The monoisotopic (exact) mass is 279 g/mol. The third-order valence-electron chi connectivity index (χ3n) is 3.07. The van der Waals surface area contributed by atoms with E-state index in [1.165, 1.54) is 4.88 Å². The van der Waals surface area contributed by atoms with Gasteiger partial charge in [-0.25, -0.2) is 14.6 Å². The standard InChI is InChI=1S/C13H21N5S/c1-5-14-11(13-10(4)16-8-19-13)6-12-15-7-17-18(12)9(2)3/h7-9,11,14H,5-6H2,1-4H3. The lowest BCUT2D eigenvalue weighted by atomic mass is 10.1. The van der Waals surface area contributed by atoms with Gasteiger partial charge in [0.25, 0.3) is 0 Å². The maximum atomic E-state index is 4.40. The van der Waals surface area contributed by atoms with Crippen LogP contribution in [0.5, 0.6) is 0 Å². The average Bonchev–Trinajstić information content (AvgIpc) is 2.97. The SMILES string of the molecule is CCNC(Cc1ncnn1C(C)C)c1scnc1C. The number of aryl methyl sites for hydroxylation is 1. The van der Waals surface area contributed by atoms with Gasteiger partial charge < -0.3 is 5.32 Å². The first-order valence-electron chi connectivity index (χ1n) is 6.65. The molecule has 104 valence electrons. The molecule has 0 aliphatic rings. The van der Waals surface area contributed by atoms with Gasteiger partial charge in [-0.1, -0.05) is 6.92 Å². The maximum Gasteiger partial charge on any atom is 0.138 e. The molecule has 0 spiro atoms. The zero-order valence-electron chi connectivity index (χ0n) is 11.9. The van der Waals surface area contributed by atoms with E-state index in [-0.39, 0.29) is 6.04 Å². The van der Waals surface area contributed by atoms with Gasteiger partial charge in [-0.2, -0.15) is 5.10 Å². The molecule has 2 aromatic heterocycles. The largest absolute Gasteiger partial charge is 0.309 e. The van der Waals surface area contributed by atoms with Crippen molar-refractivity contribution in [2.75, 3.05) is 6.54 Å². The molecule has 0 radical (unpaired) electrons. The van der Waals surface area contributed by atoms with E-state index in [1.54, 1.807) is 17.7 Å². The van der Waals surface area contributed by atoms with Crippen LogP contribution in [0.1, 0.15) is 49.3 Å². The Kier molecular flexibility index (Phi) is 4.66. The van der Waals surface area contributed by atoms with Crippen molar-refractivity contribution in [3.63, 3.8) is 0 Å². The zero-order valence-corrected chi connectivity index (χ0v) is 12.7. The lowest BCUT2D eigenvalue weighted by Crippen LogP contribution is -2.24. The first-order valence-corrected chi connectivity index (χ1v) is 7.53. The number of nitrogens with one attached hydrogen (secondary N) is 1. The molecule has 1 N–H and O–H groups in total. The third-order valence-corrected chi connectivity index (χ3v) is 4.12. The molecule has 6 heteroatoms. The summed E-state index contributed by atoms with van der Waals surface area (Å²) in [7, 11) is 0. The Morgan fingerprint density at radius 2 is 2.16 bits per heavy atom. The predicted octanol–water partition coefficient (Wildman–Crippen LogP) is 2.52. The lowest BCUT2D eigenvalue weighted by molar-refractivity contribution is 0.470. The molecule has 0 aromatic carbocycles. The number of aromatic nitrogens is 4. The number of thiazole rings is 1. The highest BCUT2D eigenvalue weighted by Gasteiger charge is 2.19. The number of hydrogen-bond acceptors (Lipinski definition) is 5. The number of rotatable bonds is 6. The van der Waals surface area contributed by atoms with Crippen molar-refractivity contribution >= 4 is 11.3 Å². The first kappa shape index (κ1) is 14.1. The fourth-order valence-corrected chi connectivity index (χ4v) is 3.06. The molecule has 0 aliphatic heterocycles. The smallest absolute Gasteiger partial charge is 0.138 e. The Labute approximate surface area is 118 Å². The van der Waals surface area contributed by atoms with E-state index in [2.05, 4.69) is 48.1 Å². The normalized spacial score (nSPS) is 13.1. The van der Waals surface area contributed by atoms with Gasteiger partial charge in [0.15, 0.2) is 0 Å². The quantitative estimate of drug-likeness (QED) is 0.883. The molecular weight excluding hydrogens is 258 g/mol. The fourth-order valence-electron chi connectivity index (χ4n) is 2.18. The van der Waals surface area contributed by atoms with Crippen molar-refractivity contribution < 1.29 is 0 Å². The Morgan fingerprint density at radius 3 is 2.74 bits per heavy atom.